The Hall–Kier alpha value is -2.34. The molecule has 2 atom stereocenters. The fourth-order valence-corrected chi connectivity index (χ4v) is 2.83. The molecule has 1 aromatic heterocycles. The lowest BCUT2D eigenvalue weighted by Gasteiger charge is -2.26. The van der Waals surface area contributed by atoms with Crippen LogP contribution in [0.1, 0.15) is 18.0 Å². The van der Waals surface area contributed by atoms with E-state index in [-0.39, 0.29) is 18.1 Å². The summed E-state index contributed by atoms with van der Waals surface area (Å²) in [4.78, 5) is 14.3. The van der Waals surface area contributed by atoms with Crippen LogP contribution in [0.3, 0.4) is 0 Å². The van der Waals surface area contributed by atoms with Gasteiger partial charge in [0, 0.05) is 12.6 Å². The van der Waals surface area contributed by atoms with Crippen molar-refractivity contribution in [3.63, 3.8) is 0 Å². The van der Waals surface area contributed by atoms with Gasteiger partial charge < -0.3 is 9.84 Å². The number of rotatable bonds is 3. The number of carbonyl (C=O) groups excluding carboxylic acids is 1. The Kier molecular flexibility index (Phi) is 3.87. The van der Waals surface area contributed by atoms with E-state index in [1.54, 1.807) is 6.07 Å². The topological polar surface area (TPSA) is 70.4 Å². The van der Waals surface area contributed by atoms with Crippen LogP contribution in [0.15, 0.2) is 47.2 Å². The van der Waals surface area contributed by atoms with Crippen molar-refractivity contribution in [1.82, 2.24) is 15.4 Å². The molecule has 1 aromatic carbocycles. The lowest BCUT2D eigenvalue weighted by Crippen LogP contribution is -2.41. The third kappa shape index (κ3) is 3.05. The molecule has 0 saturated carbocycles. The molecule has 6 nitrogen and oxygen atoms in total. The van der Waals surface area contributed by atoms with Gasteiger partial charge in [0.25, 0.3) is 0 Å². The minimum atomic E-state index is -0.259. The third-order valence-corrected chi connectivity index (χ3v) is 3.79. The number of carbonyl (C=O) groups is 1. The van der Waals surface area contributed by atoms with E-state index in [0.717, 1.165) is 13.0 Å². The second kappa shape index (κ2) is 5.97. The highest BCUT2D eigenvalue weighted by Crippen LogP contribution is 2.30. The molecule has 2 N–H and O–H groups in total. The van der Waals surface area contributed by atoms with Gasteiger partial charge in [0.1, 0.15) is 6.26 Å². The first kappa shape index (κ1) is 13.6. The van der Waals surface area contributed by atoms with E-state index in [1.165, 1.54) is 11.8 Å². The summed E-state index contributed by atoms with van der Waals surface area (Å²) in [6.45, 7) is 0.953. The molecule has 2 heterocycles. The monoisotopic (exact) mass is 286 g/mol. The van der Waals surface area contributed by atoms with E-state index in [4.69, 9.17) is 4.52 Å². The summed E-state index contributed by atoms with van der Waals surface area (Å²) in [6.07, 6.45) is 2.34. The maximum atomic E-state index is 12.0. The number of likely N-dealkylation sites (N-methyl/N-ethyl adjacent to an activating group) is 1. The minimum Gasteiger partial charge on any atom is -0.363 e. The smallest absolute Gasteiger partial charge is 0.320 e. The Morgan fingerprint density at radius 3 is 2.86 bits per heavy atom. The number of nitrogens with one attached hydrogen (secondary N) is 2. The zero-order chi connectivity index (χ0) is 14.7. The van der Waals surface area contributed by atoms with Crippen molar-refractivity contribution in [1.29, 1.82) is 0 Å². The number of hydrogen-bond donors (Lipinski definition) is 2. The molecule has 1 saturated heterocycles. The van der Waals surface area contributed by atoms with Crippen LogP contribution in [0.25, 0.3) is 0 Å². The van der Waals surface area contributed by atoms with Crippen LogP contribution < -0.4 is 10.6 Å². The molecule has 110 valence electrons. The molecule has 21 heavy (non-hydrogen) atoms. The number of benzene rings is 1. The van der Waals surface area contributed by atoms with Gasteiger partial charge in [-0.05, 0) is 19.0 Å². The van der Waals surface area contributed by atoms with Crippen LogP contribution >= 0.6 is 0 Å². The number of nitrogens with zero attached hydrogens (tertiary/aromatic N) is 2. The molecule has 0 bridgehead atoms. The largest absolute Gasteiger partial charge is 0.363 e. The van der Waals surface area contributed by atoms with Crippen LogP contribution in [-0.2, 0) is 0 Å². The summed E-state index contributed by atoms with van der Waals surface area (Å²) in [5.74, 6) is 0.412. The van der Waals surface area contributed by atoms with Crippen molar-refractivity contribution in [2.24, 2.45) is 0 Å². The summed E-state index contributed by atoms with van der Waals surface area (Å²) in [7, 11) is 2.08. The van der Waals surface area contributed by atoms with Gasteiger partial charge >= 0.3 is 6.03 Å². The van der Waals surface area contributed by atoms with Crippen molar-refractivity contribution in [3.8, 4) is 0 Å². The molecule has 0 radical (unpaired) electrons. The number of hydrogen-bond acceptors (Lipinski definition) is 4. The van der Waals surface area contributed by atoms with Gasteiger partial charge in [0.05, 0.1) is 12.1 Å². The van der Waals surface area contributed by atoms with E-state index < -0.39 is 0 Å². The Labute approximate surface area is 123 Å². The van der Waals surface area contributed by atoms with Crippen molar-refractivity contribution >= 4 is 11.8 Å². The lowest BCUT2D eigenvalue weighted by atomic mass is 10.0. The highest BCUT2D eigenvalue weighted by molar-refractivity contribution is 5.88. The second-order valence-electron chi connectivity index (χ2n) is 5.21. The van der Waals surface area contributed by atoms with Crippen molar-refractivity contribution in [2.75, 3.05) is 18.9 Å². The normalized spacial score (nSPS) is 22.1. The number of likely N-dealkylation sites (tertiary alicyclic amines) is 1. The highest BCUT2D eigenvalue weighted by atomic mass is 16.5. The number of aromatic nitrogens is 1. The van der Waals surface area contributed by atoms with E-state index >= 15 is 0 Å². The Bertz CT molecular complexity index is 585. The van der Waals surface area contributed by atoms with Gasteiger partial charge in [0.15, 0.2) is 5.82 Å². The first-order valence-electron chi connectivity index (χ1n) is 6.97. The molecule has 2 aromatic rings. The van der Waals surface area contributed by atoms with E-state index in [2.05, 4.69) is 39.9 Å². The summed E-state index contributed by atoms with van der Waals surface area (Å²) >= 11 is 0. The molecule has 0 spiro atoms. The maximum Gasteiger partial charge on any atom is 0.320 e. The lowest BCUT2D eigenvalue weighted by molar-refractivity contribution is 0.240. The van der Waals surface area contributed by atoms with Crippen molar-refractivity contribution in [2.45, 2.75) is 18.5 Å². The van der Waals surface area contributed by atoms with Crippen LogP contribution in [-0.4, -0.2) is 35.7 Å². The quantitative estimate of drug-likeness (QED) is 0.908. The summed E-state index contributed by atoms with van der Waals surface area (Å²) in [5, 5.41) is 9.35. The molecule has 2 amide bonds. The van der Waals surface area contributed by atoms with E-state index in [1.807, 2.05) is 18.2 Å². The van der Waals surface area contributed by atoms with E-state index in [9.17, 15) is 4.79 Å². The molecule has 6 heteroatoms. The van der Waals surface area contributed by atoms with Gasteiger partial charge in [-0.15, -0.1) is 0 Å². The summed E-state index contributed by atoms with van der Waals surface area (Å²) in [5.41, 5.74) is 1.21. The summed E-state index contributed by atoms with van der Waals surface area (Å²) < 4.78 is 4.69. The van der Waals surface area contributed by atoms with Crippen LogP contribution in [0.4, 0.5) is 10.6 Å². The van der Waals surface area contributed by atoms with E-state index in [0.29, 0.717) is 5.82 Å². The zero-order valence-corrected chi connectivity index (χ0v) is 11.8. The number of anilines is 1. The number of amides is 2. The first-order chi connectivity index (χ1) is 10.2. The molecule has 1 aliphatic rings. The van der Waals surface area contributed by atoms with Gasteiger partial charge in [0.2, 0.25) is 0 Å². The highest BCUT2D eigenvalue weighted by Gasteiger charge is 2.33. The predicted molar refractivity (Wildman–Crippen MR) is 78.9 cm³/mol. The van der Waals surface area contributed by atoms with Gasteiger partial charge in [-0.3, -0.25) is 10.2 Å². The van der Waals surface area contributed by atoms with Crippen molar-refractivity contribution in [3.05, 3.63) is 48.2 Å². The fraction of sp³-hybridized carbons (Fsp3) is 0.333. The predicted octanol–water partition coefficient (Wildman–Crippen LogP) is 2.24. The van der Waals surface area contributed by atoms with Crippen molar-refractivity contribution < 1.29 is 9.32 Å². The Balaban J connectivity index is 1.68. The first-order valence-corrected chi connectivity index (χ1v) is 6.97. The molecule has 0 aliphatic carbocycles. The molecule has 1 fully saturated rings. The molecule has 1 aliphatic heterocycles. The minimum absolute atomic E-state index is 0.0734. The van der Waals surface area contributed by atoms with Crippen LogP contribution in [0.5, 0.6) is 0 Å². The molecule has 0 unspecified atom stereocenters. The Morgan fingerprint density at radius 2 is 2.14 bits per heavy atom. The standard InChI is InChI=1S/C15H18N4O2/c1-19-9-7-12(14(19)11-5-3-2-4-6-11)16-15(20)17-13-8-10-21-18-13/h2-6,8,10,12,14H,7,9H2,1H3,(H2,16,17,18,20)/t12-,14-/m0/s1. The fourth-order valence-electron chi connectivity index (χ4n) is 2.83. The zero-order valence-electron chi connectivity index (χ0n) is 11.8. The average molecular weight is 286 g/mol. The SMILES string of the molecule is CN1CC[C@H](NC(=O)Nc2ccon2)[C@@H]1c1ccccc1. The molecule has 3 rings (SSSR count). The Morgan fingerprint density at radius 1 is 1.33 bits per heavy atom. The van der Waals surface area contributed by atoms with Crippen LogP contribution in [0.2, 0.25) is 0 Å². The number of urea groups is 1. The van der Waals surface area contributed by atoms with Gasteiger partial charge in [-0.25, -0.2) is 4.79 Å². The third-order valence-electron chi connectivity index (χ3n) is 3.79. The summed E-state index contributed by atoms with van der Waals surface area (Å²) in [6, 6.07) is 11.8. The van der Waals surface area contributed by atoms with Gasteiger partial charge in [-0.1, -0.05) is 35.5 Å². The average Bonchev–Trinajstić information content (AvgIpc) is 3.10. The molecular formula is C15H18N4O2. The second-order valence-corrected chi connectivity index (χ2v) is 5.21. The molecular weight excluding hydrogens is 268 g/mol. The van der Waals surface area contributed by atoms with Crippen LogP contribution in [0, 0.1) is 0 Å². The van der Waals surface area contributed by atoms with Gasteiger partial charge in [-0.2, -0.15) is 0 Å². The maximum absolute atomic E-state index is 12.0.